The highest BCUT2D eigenvalue weighted by molar-refractivity contribution is 6.32. The van der Waals surface area contributed by atoms with E-state index in [4.69, 9.17) is 16.3 Å². The van der Waals surface area contributed by atoms with Gasteiger partial charge in [-0.15, -0.1) is 0 Å². The SMILES string of the molecule is Cc1cc(C)c(Oc2ccc(C=O)cc2Cl)c([N+](=O)[O-])c1. The molecule has 0 aliphatic rings. The summed E-state index contributed by atoms with van der Waals surface area (Å²) in [5, 5.41) is 11.4. The number of aryl methyl sites for hydroxylation is 2. The summed E-state index contributed by atoms with van der Waals surface area (Å²) in [6, 6.07) is 7.71. The number of nitrogens with zero attached hydrogens (tertiary/aromatic N) is 1. The van der Waals surface area contributed by atoms with Gasteiger partial charge in [0.15, 0.2) is 0 Å². The largest absolute Gasteiger partial charge is 0.448 e. The molecule has 0 fully saturated rings. The average Bonchev–Trinajstić information content (AvgIpc) is 2.42. The lowest BCUT2D eigenvalue weighted by Gasteiger charge is -2.11. The average molecular weight is 306 g/mol. The van der Waals surface area contributed by atoms with Gasteiger partial charge in [-0.3, -0.25) is 14.9 Å². The molecule has 0 unspecified atom stereocenters. The molecule has 5 nitrogen and oxygen atoms in total. The van der Waals surface area contributed by atoms with E-state index in [0.29, 0.717) is 17.4 Å². The van der Waals surface area contributed by atoms with Crippen LogP contribution in [0.3, 0.4) is 0 Å². The summed E-state index contributed by atoms with van der Waals surface area (Å²) in [6.07, 6.45) is 0.662. The minimum atomic E-state index is -0.497. The van der Waals surface area contributed by atoms with Gasteiger partial charge >= 0.3 is 5.69 Å². The summed E-state index contributed by atoms with van der Waals surface area (Å²) in [5.41, 5.74) is 1.69. The van der Waals surface area contributed by atoms with Crippen molar-refractivity contribution >= 4 is 23.6 Å². The molecule has 0 saturated heterocycles. The van der Waals surface area contributed by atoms with Gasteiger partial charge in [0, 0.05) is 11.6 Å². The van der Waals surface area contributed by atoms with Gasteiger partial charge in [0.1, 0.15) is 12.0 Å². The number of aldehydes is 1. The maximum atomic E-state index is 11.1. The van der Waals surface area contributed by atoms with Crippen molar-refractivity contribution in [1.29, 1.82) is 0 Å². The van der Waals surface area contributed by atoms with Gasteiger partial charge in [0.2, 0.25) is 5.75 Å². The zero-order valence-electron chi connectivity index (χ0n) is 11.4. The summed E-state index contributed by atoms with van der Waals surface area (Å²) in [6.45, 7) is 3.50. The number of hydrogen-bond acceptors (Lipinski definition) is 4. The van der Waals surface area contributed by atoms with Crippen molar-refractivity contribution in [1.82, 2.24) is 0 Å². The molecule has 0 bridgehead atoms. The van der Waals surface area contributed by atoms with E-state index in [1.807, 2.05) is 0 Å². The number of rotatable bonds is 4. The molecule has 6 heteroatoms. The standard InChI is InChI=1S/C15H12ClNO4/c1-9-5-10(2)15(13(6-9)17(19)20)21-14-4-3-11(8-18)7-12(14)16/h3-8H,1-2H3. The zero-order valence-corrected chi connectivity index (χ0v) is 12.2. The van der Waals surface area contributed by atoms with Gasteiger partial charge in [0.05, 0.1) is 9.95 Å². The molecule has 0 spiro atoms. The Balaban J connectivity index is 2.49. The van der Waals surface area contributed by atoms with Gasteiger partial charge in [0.25, 0.3) is 0 Å². The quantitative estimate of drug-likeness (QED) is 0.475. The molecule has 2 aromatic carbocycles. The summed E-state index contributed by atoms with van der Waals surface area (Å²) >= 11 is 6.02. The van der Waals surface area contributed by atoms with Crippen molar-refractivity contribution in [2.75, 3.05) is 0 Å². The van der Waals surface area contributed by atoms with E-state index >= 15 is 0 Å². The smallest absolute Gasteiger partial charge is 0.312 e. The normalized spacial score (nSPS) is 10.2. The van der Waals surface area contributed by atoms with Crippen molar-refractivity contribution in [3.05, 3.63) is 62.2 Å². The van der Waals surface area contributed by atoms with Gasteiger partial charge < -0.3 is 4.74 Å². The fourth-order valence-electron chi connectivity index (χ4n) is 1.98. The Kier molecular flexibility index (Phi) is 4.23. The molecule has 0 saturated carbocycles. The lowest BCUT2D eigenvalue weighted by molar-refractivity contribution is -0.385. The van der Waals surface area contributed by atoms with E-state index in [9.17, 15) is 14.9 Å². The molecule has 108 valence electrons. The van der Waals surface area contributed by atoms with Crippen LogP contribution in [0.15, 0.2) is 30.3 Å². The third kappa shape index (κ3) is 3.20. The lowest BCUT2D eigenvalue weighted by atomic mass is 10.1. The molecule has 0 aromatic heterocycles. The number of halogens is 1. The Hall–Kier alpha value is -2.40. The molecular formula is C15H12ClNO4. The van der Waals surface area contributed by atoms with Crippen LogP contribution in [-0.2, 0) is 0 Å². The molecule has 0 atom stereocenters. The summed E-state index contributed by atoms with van der Waals surface area (Å²) < 4.78 is 5.60. The van der Waals surface area contributed by atoms with Crippen LogP contribution in [0.1, 0.15) is 21.5 Å². The Morgan fingerprint density at radius 1 is 1.24 bits per heavy atom. The van der Waals surface area contributed by atoms with Gasteiger partial charge in [-0.2, -0.15) is 0 Å². The predicted octanol–water partition coefficient (Wildman–Crippen LogP) is 4.47. The maximum absolute atomic E-state index is 11.1. The van der Waals surface area contributed by atoms with Crippen LogP contribution >= 0.6 is 11.6 Å². The minimum Gasteiger partial charge on any atom is -0.448 e. The Morgan fingerprint density at radius 2 is 1.95 bits per heavy atom. The Labute approximate surface area is 126 Å². The monoisotopic (exact) mass is 305 g/mol. The molecule has 2 aromatic rings. The predicted molar refractivity (Wildman–Crippen MR) is 79.5 cm³/mol. The van der Waals surface area contributed by atoms with Crippen LogP contribution in [0.2, 0.25) is 5.02 Å². The summed E-state index contributed by atoms with van der Waals surface area (Å²) in [5.74, 6) is 0.406. The highest BCUT2D eigenvalue weighted by atomic mass is 35.5. The van der Waals surface area contributed by atoms with Crippen LogP contribution in [0.5, 0.6) is 11.5 Å². The number of benzene rings is 2. The van der Waals surface area contributed by atoms with Gasteiger partial charge in [-0.1, -0.05) is 17.7 Å². The van der Waals surface area contributed by atoms with Crippen LogP contribution < -0.4 is 4.74 Å². The first-order chi connectivity index (χ1) is 9.92. The second-order valence-electron chi connectivity index (χ2n) is 4.60. The second-order valence-corrected chi connectivity index (χ2v) is 5.00. The second kappa shape index (κ2) is 5.93. The van der Waals surface area contributed by atoms with Crippen molar-refractivity contribution in [2.24, 2.45) is 0 Å². The maximum Gasteiger partial charge on any atom is 0.312 e. The molecule has 0 aliphatic heterocycles. The fraction of sp³-hybridized carbons (Fsp3) is 0.133. The van der Waals surface area contributed by atoms with Crippen molar-refractivity contribution in [3.8, 4) is 11.5 Å². The van der Waals surface area contributed by atoms with Crippen LogP contribution in [-0.4, -0.2) is 11.2 Å². The number of nitro groups is 1. The van der Waals surface area contributed by atoms with Crippen molar-refractivity contribution < 1.29 is 14.5 Å². The van der Waals surface area contributed by atoms with Crippen LogP contribution in [0.4, 0.5) is 5.69 Å². The molecule has 21 heavy (non-hydrogen) atoms. The summed E-state index contributed by atoms with van der Waals surface area (Å²) in [4.78, 5) is 21.3. The molecule has 0 radical (unpaired) electrons. The first-order valence-corrected chi connectivity index (χ1v) is 6.48. The van der Waals surface area contributed by atoms with Gasteiger partial charge in [-0.05, 0) is 43.2 Å². The highest BCUT2D eigenvalue weighted by Gasteiger charge is 2.20. The van der Waals surface area contributed by atoms with E-state index in [1.54, 1.807) is 19.9 Å². The molecule has 0 N–H and O–H groups in total. The van der Waals surface area contributed by atoms with Crippen LogP contribution in [0, 0.1) is 24.0 Å². The number of hydrogen-bond donors (Lipinski definition) is 0. The van der Waals surface area contributed by atoms with Crippen LogP contribution in [0.25, 0.3) is 0 Å². The van der Waals surface area contributed by atoms with E-state index in [2.05, 4.69) is 0 Å². The first-order valence-electron chi connectivity index (χ1n) is 6.10. The van der Waals surface area contributed by atoms with E-state index in [1.165, 1.54) is 24.3 Å². The highest BCUT2D eigenvalue weighted by Crippen LogP contribution is 2.38. The number of carbonyl (C=O) groups excluding carboxylic acids is 1. The van der Waals surface area contributed by atoms with E-state index < -0.39 is 4.92 Å². The van der Waals surface area contributed by atoms with E-state index in [0.717, 1.165) is 5.56 Å². The topological polar surface area (TPSA) is 69.4 Å². The first kappa shape index (κ1) is 15.0. The fourth-order valence-corrected chi connectivity index (χ4v) is 2.21. The number of carbonyl (C=O) groups is 1. The Morgan fingerprint density at radius 3 is 2.52 bits per heavy atom. The number of ether oxygens (including phenoxy) is 1. The molecular weight excluding hydrogens is 294 g/mol. The number of nitro benzene ring substituents is 1. The third-order valence-corrected chi connectivity index (χ3v) is 3.20. The zero-order chi connectivity index (χ0) is 15.6. The molecule has 0 aliphatic carbocycles. The lowest BCUT2D eigenvalue weighted by Crippen LogP contribution is -1.97. The minimum absolute atomic E-state index is 0.122. The molecule has 2 rings (SSSR count). The van der Waals surface area contributed by atoms with Crippen molar-refractivity contribution in [2.45, 2.75) is 13.8 Å². The Bertz CT molecular complexity index is 728. The van der Waals surface area contributed by atoms with Gasteiger partial charge in [-0.25, -0.2) is 0 Å². The van der Waals surface area contributed by atoms with E-state index in [-0.39, 0.29) is 22.2 Å². The molecule has 0 heterocycles. The molecule has 0 amide bonds. The summed E-state index contributed by atoms with van der Waals surface area (Å²) in [7, 11) is 0. The van der Waals surface area contributed by atoms with Crippen molar-refractivity contribution in [3.63, 3.8) is 0 Å². The third-order valence-electron chi connectivity index (χ3n) is 2.90.